The molecule has 0 radical (unpaired) electrons. The number of hydroxylamine groups is 2. The highest BCUT2D eigenvalue weighted by molar-refractivity contribution is 5.14. The lowest BCUT2D eigenvalue weighted by Crippen LogP contribution is -2.34. The summed E-state index contributed by atoms with van der Waals surface area (Å²) < 4.78 is 0. The van der Waals surface area contributed by atoms with Crippen molar-refractivity contribution in [1.82, 2.24) is 10.4 Å². The van der Waals surface area contributed by atoms with Gasteiger partial charge in [0.2, 0.25) is 0 Å². The van der Waals surface area contributed by atoms with Crippen LogP contribution in [0.2, 0.25) is 0 Å². The molecule has 0 unspecified atom stereocenters. The number of nitrogens with zero attached hydrogens (tertiary/aromatic N) is 1. The molecule has 96 valence electrons. The van der Waals surface area contributed by atoms with E-state index in [-0.39, 0.29) is 0 Å². The average molecular weight is 237 g/mol. The van der Waals surface area contributed by atoms with Gasteiger partial charge in [-0.2, -0.15) is 5.06 Å². The fourth-order valence-electron chi connectivity index (χ4n) is 1.59. The van der Waals surface area contributed by atoms with Gasteiger partial charge in [0.15, 0.2) is 0 Å². The molecule has 1 aromatic carbocycles. The third-order valence-corrected chi connectivity index (χ3v) is 2.37. The predicted octanol–water partition coefficient (Wildman–Crippen LogP) is 0.988. The van der Waals surface area contributed by atoms with Gasteiger partial charge in [0.05, 0.1) is 6.61 Å². The van der Waals surface area contributed by atoms with Crippen LogP contribution in [0.15, 0.2) is 30.3 Å². The van der Waals surface area contributed by atoms with Gasteiger partial charge in [0.1, 0.15) is 0 Å². The number of nitrogens with one attached hydrogen (secondary N) is 1. The maximum atomic E-state index is 5.59. The van der Waals surface area contributed by atoms with Crippen molar-refractivity contribution in [2.75, 3.05) is 32.8 Å². The Kier molecular flexibility index (Phi) is 7.58. The molecular formula is C13H23N3O. The van der Waals surface area contributed by atoms with E-state index >= 15 is 0 Å². The predicted molar refractivity (Wildman–Crippen MR) is 70.4 cm³/mol. The highest BCUT2D eigenvalue weighted by Crippen LogP contribution is 2.04. The molecule has 0 atom stereocenters. The fraction of sp³-hybridized carbons (Fsp3) is 0.538. The van der Waals surface area contributed by atoms with Crippen molar-refractivity contribution < 1.29 is 4.84 Å². The minimum Gasteiger partial charge on any atom is -0.329 e. The zero-order chi connectivity index (χ0) is 12.3. The highest BCUT2D eigenvalue weighted by atomic mass is 16.7. The standard InChI is InChI=1S/C13H23N3O/c1-2-17-16(11-10-15-9-8-14)12-13-6-4-3-5-7-13/h3-7,15H,2,8-12,14H2,1H3. The maximum Gasteiger partial charge on any atom is 0.0657 e. The van der Waals surface area contributed by atoms with E-state index in [1.807, 2.05) is 30.2 Å². The second kappa shape index (κ2) is 9.13. The van der Waals surface area contributed by atoms with E-state index in [1.54, 1.807) is 0 Å². The van der Waals surface area contributed by atoms with Gasteiger partial charge in [-0.05, 0) is 12.5 Å². The minimum atomic E-state index is 0.674. The molecule has 4 nitrogen and oxygen atoms in total. The van der Waals surface area contributed by atoms with Gasteiger partial charge in [-0.25, -0.2) is 0 Å². The fourth-order valence-corrected chi connectivity index (χ4v) is 1.59. The number of hydrogen-bond donors (Lipinski definition) is 2. The topological polar surface area (TPSA) is 50.5 Å². The van der Waals surface area contributed by atoms with Gasteiger partial charge in [-0.3, -0.25) is 4.84 Å². The molecule has 0 aromatic heterocycles. The SMILES string of the molecule is CCON(CCNCCN)Cc1ccccc1. The van der Waals surface area contributed by atoms with E-state index in [4.69, 9.17) is 10.6 Å². The van der Waals surface area contributed by atoms with E-state index in [9.17, 15) is 0 Å². The Morgan fingerprint density at radius 3 is 2.65 bits per heavy atom. The van der Waals surface area contributed by atoms with E-state index in [0.29, 0.717) is 13.2 Å². The van der Waals surface area contributed by atoms with E-state index in [0.717, 1.165) is 26.2 Å². The summed E-state index contributed by atoms with van der Waals surface area (Å²) in [5.41, 5.74) is 6.68. The summed E-state index contributed by atoms with van der Waals surface area (Å²) >= 11 is 0. The van der Waals surface area contributed by atoms with E-state index in [2.05, 4.69) is 17.4 Å². The Balaban J connectivity index is 2.32. The minimum absolute atomic E-state index is 0.674. The third kappa shape index (κ3) is 6.38. The molecule has 0 aliphatic rings. The summed E-state index contributed by atoms with van der Waals surface area (Å²) in [5.74, 6) is 0. The summed E-state index contributed by atoms with van der Waals surface area (Å²) in [7, 11) is 0. The Morgan fingerprint density at radius 1 is 1.24 bits per heavy atom. The zero-order valence-electron chi connectivity index (χ0n) is 10.6. The van der Waals surface area contributed by atoms with Crippen LogP contribution in [-0.4, -0.2) is 37.8 Å². The first-order valence-corrected chi connectivity index (χ1v) is 6.19. The first-order valence-electron chi connectivity index (χ1n) is 6.19. The van der Waals surface area contributed by atoms with E-state index in [1.165, 1.54) is 5.56 Å². The summed E-state index contributed by atoms with van der Waals surface area (Å²) in [5, 5.41) is 5.25. The monoisotopic (exact) mass is 237 g/mol. The molecular weight excluding hydrogens is 214 g/mol. The zero-order valence-corrected chi connectivity index (χ0v) is 10.6. The molecule has 17 heavy (non-hydrogen) atoms. The highest BCUT2D eigenvalue weighted by Gasteiger charge is 2.04. The summed E-state index contributed by atoms with van der Waals surface area (Å²) in [6, 6.07) is 10.3. The van der Waals surface area contributed by atoms with Gasteiger partial charge in [-0.1, -0.05) is 30.3 Å². The smallest absolute Gasteiger partial charge is 0.0657 e. The van der Waals surface area contributed by atoms with Crippen molar-refractivity contribution in [2.24, 2.45) is 5.73 Å². The van der Waals surface area contributed by atoms with Crippen LogP contribution >= 0.6 is 0 Å². The third-order valence-electron chi connectivity index (χ3n) is 2.37. The Hall–Kier alpha value is -0.940. The first kappa shape index (κ1) is 14.1. The maximum absolute atomic E-state index is 5.59. The Morgan fingerprint density at radius 2 is 2.00 bits per heavy atom. The molecule has 0 spiro atoms. The molecule has 0 aliphatic heterocycles. The van der Waals surface area contributed by atoms with Crippen LogP contribution in [0.4, 0.5) is 0 Å². The van der Waals surface area contributed by atoms with Gasteiger partial charge >= 0.3 is 0 Å². The van der Waals surface area contributed by atoms with Gasteiger partial charge < -0.3 is 11.1 Å². The molecule has 0 heterocycles. The number of nitrogens with two attached hydrogens (primary N) is 1. The van der Waals surface area contributed by atoms with Crippen molar-refractivity contribution in [3.8, 4) is 0 Å². The van der Waals surface area contributed by atoms with Crippen molar-refractivity contribution >= 4 is 0 Å². The second-order valence-electron chi connectivity index (χ2n) is 3.81. The number of rotatable bonds is 9. The molecule has 1 rings (SSSR count). The largest absolute Gasteiger partial charge is 0.329 e. The molecule has 0 fully saturated rings. The van der Waals surface area contributed by atoms with Crippen molar-refractivity contribution in [3.63, 3.8) is 0 Å². The van der Waals surface area contributed by atoms with Crippen LogP contribution in [-0.2, 0) is 11.4 Å². The van der Waals surface area contributed by atoms with E-state index < -0.39 is 0 Å². The van der Waals surface area contributed by atoms with Crippen molar-refractivity contribution in [2.45, 2.75) is 13.5 Å². The van der Waals surface area contributed by atoms with Crippen LogP contribution in [0.1, 0.15) is 12.5 Å². The lowest BCUT2D eigenvalue weighted by Gasteiger charge is -2.21. The summed E-state index contributed by atoms with van der Waals surface area (Å²) in [6.45, 7) is 6.80. The molecule has 0 saturated heterocycles. The van der Waals surface area contributed by atoms with Crippen LogP contribution in [0.25, 0.3) is 0 Å². The average Bonchev–Trinajstić information content (AvgIpc) is 2.36. The number of benzene rings is 1. The van der Waals surface area contributed by atoms with Crippen molar-refractivity contribution in [3.05, 3.63) is 35.9 Å². The van der Waals surface area contributed by atoms with Crippen molar-refractivity contribution in [1.29, 1.82) is 0 Å². The normalized spacial score (nSPS) is 11.0. The van der Waals surface area contributed by atoms with Crippen LogP contribution < -0.4 is 11.1 Å². The second-order valence-corrected chi connectivity index (χ2v) is 3.81. The van der Waals surface area contributed by atoms with Crippen LogP contribution in [0.3, 0.4) is 0 Å². The molecule has 0 bridgehead atoms. The molecule has 0 amide bonds. The molecule has 4 heteroatoms. The quantitative estimate of drug-likeness (QED) is 0.497. The first-order chi connectivity index (χ1) is 8.36. The molecule has 0 aliphatic carbocycles. The van der Waals surface area contributed by atoms with Crippen LogP contribution in [0, 0.1) is 0 Å². The molecule has 1 aromatic rings. The van der Waals surface area contributed by atoms with Gasteiger partial charge in [0.25, 0.3) is 0 Å². The lowest BCUT2D eigenvalue weighted by molar-refractivity contribution is -0.160. The van der Waals surface area contributed by atoms with Gasteiger partial charge in [0, 0.05) is 32.7 Å². The summed E-state index contributed by atoms with van der Waals surface area (Å²) in [4.78, 5) is 5.59. The lowest BCUT2D eigenvalue weighted by atomic mass is 10.2. The summed E-state index contributed by atoms with van der Waals surface area (Å²) in [6.07, 6.45) is 0. The van der Waals surface area contributed by atoms with Gasteiger partial charge in [-0.15, -0.1) is 0 Å². The van der Waals surface area contributed by atoms with Crippen LogP contribution in [0.5, 0.6) is 0 Å². The molecule has 3 N–H and O–H groups in total. The Labute approximate surface area is 104 Å². The molecule has 0 saturated carbocycles. The Bertz CT molecular complexity index is 279. The number of hydrogen-bond acceptors (Lipinski definition) is 4.